The van der Waals surface area contributed by atoms with Crippen LogP contribution in [0.2, 0.25) is 0 Å². The minimum absolute atomic E-state index is 0.364. The number of hydrogen-bond donors (Lipinski definition) is 1. The quantitative estimate of drug-likeness (QED) is 0.522. The van der Waals surface area contributed by atoms with Crippen molar-refractivity contribution in [1.82, 2.24) is 4.68 Å². The normalized spacial score (nSPS) is 9.83. The van der Waals surface area contributed by atoms with E-state index in [0.29, 0.717) is 12.3 Å². The monoisotopic (exact) mass is 168 g/mol. The Hall–Kier alpha value is -1.45. The summed E-state index contributed by atoms with van der Waals surface area (Å²) in [7, 11) is 0. The highest BCUT2D eigenvalue weighted by atomic mass is 16.5. The van der Waals surface area contributed by atoms with Crippen molar-refractivity contribution >= 4 is 5.97 Å². The summed E-state index contributed by atoms with van der Waals surface area (Å²) in [4.78, 5) is 11.2. The molecule has 2 N–H and O–H groups in total. The molecule has 1 aromatic heterocycles. The molecule has 0 saturated heterocycles. The van der Waals surface area contributed by atoms with Gasteiger partial charge in [0.15, 0.2) is 0 Å². The van der Waals surface area contributed by atoms with Crippen molar-refractivity contribution in [1.29, 1.82) is 0 Å². The second kappa shape index (κ2) is 3.30. The number of ether oxygens (including phenoxy) is 1. The maximum Gasteiger partial charge on any atom is 0.356 e. The average Bonchev–Trinajstić information content (AvgIpc) is 2.34. The number of aryl methyl sites for hydroxylation is 1. The maximum absolute atomic E-state index is 11.2. The smallest absolute Gasteiger partial charge is 0.356 e. The van der Waals surface area contributed by atoms with Gasteiger partial charge in [0.1, 0.15) is 5.69 Å². The van der Waals surface area contributed by atoms with E-state index < -0.39 is 0 Å². The lowest BCUT2D eigenvalue weighted by Crippen LogP contribution is -2.19. The molecule has 0 fully saturated rings. The molecule has 0 aliphatic heterocycles. The molecule has 0 aromatic carbocycles. The lowest BCUT2D eigenvalue weighted by molar-refractivity contribution is 0.0516. The predicted molar refractivity (Wildman–Crippen MR) is 45.3 cm³/mol. The highest BCUT2D eigenvalue weighted by molar-refractivity contribution is 5.87. The van der Waals surface area contributed by atoms with Crippen molar-refractivity contribution in [3.63, 3.8) is 0 Å². The second-order valence-electron chi connectivity index (χ2n) is 2.45. The maximum atomic E-state index is 11.2. The first-order chi connectivity index (χ1) is 5.66. The van der Waals surface area contributed by atoms with Crippen molar-refractivity contribution in [2.45, 2.75) is 13.8 Å². The summed E-state index contributed by atoms with van der Waals surface area (Å²) < 4.78 is 6.10. The van der Waals surface area contributed by atoms with Gasteiger partial charge in [-0.15, -0.1) is 0 Å². The average molecular weight is 168 g/mol. The van der Waals surface area contributed by atoms with Crippen LogP contribution in [0, 0.1) is 6.92 Å². The van der Waals surface area contributed by atoms with Crippen LogP contribution in [-0.4, -0.2) is 17.3 Å². The molecule has 0 saturated carbocycles. The number of nitrogens with zero attached hydrogens (tertiary/aromatic N) is 1. The summed E-state index contributed by atoms with van der Waals surface area (Å²) in [5.74, 6) is 5.17. The topological polar surface area (TPSA) is 57.2 Å². The fraction of sp³-hybridized carbons (Fsp3) is 0.375. The molecule has 0 amide bonds. The lowest BCUT2D eigenvalue weighted by Gasteiger charge is -2.03. The Bertz CT molecular complexity index is 291. The van der Waals surface area contributed by atoms with Crippen molar-refractivity contribution in [2.75, 3.05) is 12.4 Å². The fourth-order valence-corrected chi connectivity index (χ4v) is 0.922. The van der Waals surface area contributed by atoms with E-state index in [1.54, 1.807) is 19.1 Å². The SMILES string of the molecule is CCOC(=O)c1ccc(C)n1N. The molecule has 66 valence electrons. The van der Waals surface area contributed by atoms with E-state index in [2.05, 4.69) is 0 Å². The molecule has 0 spiro atoms. The molecule has 0 bridgehead atoms. The Labute approximate surface area is 70.9 Å². The van der Waals surface area contributed by atoms with E-state index in [4.69, 9.17) is 10.6 Å². The van der Waals surface area contributed by atoms with Crippen LogP contribution in [0.3, 0.4) is 0 Å². The first kappa shape index (κ1) is 8.64. The summed E-state index contributed by atoms with van der Waals surface area (Å²) in [5, 5.41) is 0. The van der Waals surface area contributed by atoms with Crippen molar-refractivity contribution in [2.24, 2.45) is 0 Å². The van der Waals surface area contributed by atoms with Gasteiger partial charge in [0.25, 0.3) is 0 Å². The number of aromatic nitrogens is 1. The number of carbonyl (C=O) groups excluding carboxylic acids is 1. The van der Waals surface area contributed by atoms with Crippen LogP contribution in [-0.2, 0) is 4.74 Å². The van der Waals surface area contributed by atoms with E-state index >= 15 is 0 Å². The van der Waals surface area contributed by atoms with Crippen LogP contribution in [0.1, 0.15) is 23.1 Å². The van der Waals surface area contributed by atoms with Gasteiger partial charge >= 0.3 is 5.97 Å². The summed E-state index contributed by atoms with van der Waals surface area (Å²) >= 11 is 0. The number of rotatable bonds is 2. The number of esters is 1. The van der Waals surface area contributed by atoms with Gasteiger partial charge in [0, 0.05) is 5.69 Å². The lowest BCUT2D eigenvalue weighted by atomic mass is 10.4. The first-order valence-electron chi connectivity index (χ1n) is 3.77. The zero-order valence-corrected chi connectivity index (χ0v) is 7.20. The van der Waals surface area contributed by atoms with Gasteiger partial charge in [-0.25, -0.2) is 4.79 Å². The van der Waals surface area contributed by atoms with Crippen LogP contribution in [0.4, 0.5) is 0 Å². The molecule has 4 heteroatoms. The van der Waals surface area contributed by atoms with E-state index in [9.17, 15) is 4.79 Å². The van der Waals surface area contributed by atoms with Gasteiger partial charge in [-0.2, -0.15) is 0 Å². The molecule has 0 aliphatic carbocycles. The van der Waals surface area contributed by atoms with Crippen LogP contribution >= 0.6 is 0 Å². The van der Waals surface area contributed by atoms with Crippen molar-refractivity contribution < 1.29 is 9.53 Å². The number of hydrogen-bond acceptors (Lipinski definition) is 3. The number of nitrogens with two attached hydrogens (primary N) is 1. The third-order valence-corrected chi connectivity index (χ3v) is 1.61. The van der Waals surface area contributed by atoms with Crippen LogP contribution in [0.15, 0.2) is 12.1 Å². The Balaban J connectivity index is 2.88. The van der Waals surface area contributed by atoms with Gasteiger partial charge in [0.2, 0.25) is 0 Å². The molecule has 1 aromatic rings. The third kappa shape index (κ3) is 1.42. The number of nitrogen functional groups attached to an aromatic ring is 1. The number of carbonyl (C=O) groups is 1. The zero-order valence-electron chi connectivity index (χ0n) is 7.20. The highest BCUT2D eigenvalue weighted by Crippen LogP contribution is 2.05. The minimum atomic E-state index is -0.381. The first-order valence-corrected chi connectivity index (χ1v) is 3.77. The Kier molecular flexibility index (Phi) is 2.38. The molecule has 0 unspecified atom stereocenters. The van der Waals surface area contributed by atoms with Crippen LogP contribution in [0.5, 0.6) is 0 Å². The molecule has 1 rings (SSSR count). The molecular weight excluding hydrogens is 156 g/mol. The molecule has 4 nitrogen and oxygen atoms in total. The van der Waals surface area contributed by atoms with Crippen molar-refractivity contribution in [3.8, 4) is 0 Å². The second-order valence-corrected chi connectivity index (χ2v) is 2.45. The van der Waals surface area contributed by atoms with E-state index in [-0.39, 0.29) is 5.97 Å². The predicted octanol–water partition coefficient (Wildman–Crippen LogP) is 0.687. The molecule has 0 aliphatic rings. The zero-order chi connectivity index (χ0) is 9.14. The fourth-order valence-electron chi connectivity index (χ4n) is 0.922. The summed E-state index contributed by atoms with van der Waals surface area (Å²) in [6.45, 7) is 3.94. The Morgan fingerprint density at radius 1 is 1.67 bits per heavy atom. The van der Waals surface area contributed by atoms with Gasteiger partial charge in [0.05, 0.1) is 6.61 Å². The van der Waals surface area contributed by atoms with Gasteiger partial charge in [-0.1, -0.05) is 0 Å². The Morgan fingerprint density at radius 2 is 2.33 bits per heavy atom. The highest BCUT2D eigenvalue weighted by Gasteiger charge is 2.11. The van der Waals surface area contributed by atoms with E-state index in [1.165, 1.54) is 4.68 Å². The molecule has 0 atom stereocenters. The summed E-state index contributed by atoms with van der Waals surface area (Å²) in [6, 6.07) is 3.42. The summed E-state index contributed by atoms with van der Waals surface area (Å²) in [5.41, 5.74) is 1.22. The van der Waals surface area contributed by atoms with E-state index in [0.717, 1.165) is 5.69 Å². The van der Waals surface area contributed by atoms with E-state index in [1.807, 2.05) is 6.92 Å². The molecule has 0 radical (unpaired) electrons. The standard InChI is InChI=1S/C8H12N2O2/c1-3-12-8(11)7-5-4-6(2)10(7)9/h4-5H,3,9H2,1-2H3. The van der Waals surface area contributed by atoms with Gasteiger partial charge in [-0.05, 0) is 26.0 Å². The van der Waals surface area contributed by atoms with Gasteiger partial charge < -0.3 is 10.6 Å². The van der Waals surface area contributed by atoms with Gasteiger partial charge in [-0.3, -0.25) is 4.68 Å². The summed E-state index contributed by atoms with van der Waals surface area (Å²) in [6.07, 6.45) is 0. The molecule has 12 heavy (non-hydrogen) atoms. The van der Waals surface area contributed by atoms with Crippen LogP contribution < -0.4 is 5.84 Å². The van der Waals surface area contributed by atoms with Crippen molar-refractivity contribution in [3.05, 3.63) is 23.5 Å². The third-order valence-electron chi connectivity index (χ3n) is 1.61. The Morgan fingerprint density at radius 3 is 2.75 bits per heavy atom. The molecule has 1 heterocycles. The van der Waals surface area contributed by atoms with Crippen LogP contribution in [0.25, 0.3) is 0 Å². The largest absolute Gasteiger partial charge is 0.461 e. The minimum Gasteiger partial charge on any atom is -0.461 e. The molecular formula is C8H12N2O2.